The van der Waals surface area contributed by atoms with E-state index in [9.17, 15) is 13.6 Å². The summed E-state index contributed by atoms with van der Waals surface area (Å²) >= 11 is 1.53. The molecule has 150 valence electrons. The molecule has 0 saturated carbocycles. The number of rotatable bonds is 8. The van der Waals surface area contributed by atoms with Crippen LogP contribution in [-0.4, -0.2) is 16.1 Å². The molecule has 3 rings (SSSR count). The summed E-state index contributed by atoms with van der Waals surface area (Å²) in [4.78, 5) is 17.0. The van der Waals surface area contributed by atoms with Crippen LogP contribution >= 0.6 is 11.8 Å². The highest BCUT2D eigenvalue weighted by Crippen LogP contribution is 2.27. The van der Waals surface area contributed by atoms with Crippen LogP contribution in [-0.2, 0) is 13.0 Å². The van der Waals surface area contributed by atoms with Gasteiger partial charge in [0, 0.05) is 18.0 Å². The van der Waals surface area contributed by atoms with Gasteiger partial charge in [0.15, 0.2) is 0 Å². The van der Waals surface area contributed by atoms with E-state index in [1.807, 2.05) is 6.07 Å². The third kappa shape index (κ3) is 6.39. The zero-order chi connectivity index (χ0) is 20.6. The van der Waals surface area contributed by atoms with Crippen molar-refractivity contribution in [1.29, 1.82) is 0 Å². The third-order valence-electron chi connectivity index (χ3n) is 4.42. The molecule has 0 spiro atoms. The average Bonchev–Trinajstić information content (AvgIpc) is 2.72. The van der Waals surface area contributed by atoms with E-state index in [-0.39, 0.29) is 22.8 Å². The standard InChI is InChI=1S/C23H22F2N2OS/c1-16(7-8-17-4-2-5-20(25)14-17)29-23-21(6-3-13-26-23)22(28)27-15-18-9-11-19(24)12-10-18/h2-6,9-14,16H,7-8,15H2,1H3,(H,27,28). The monoisotopic (exact) mass is 412 g/mol. The number of thioether (sulfide) groups is 1. The van der Waals surface area contributed by atoms with Crippen molar-refractivity contribution < 1.29 is 13.6 Å². The van der Waals surface area contributed by atoms with Gasteiger partial charge < -0.3 is 5.32 Å². The van der Waals surface area contributed by atoms with Gasteiger partial charge in [0.1, 0.15) is 16.7 Å². The average molecular weight is 413 g/mol. The number of nitrogens with one attached hydrogen (secondary N) is 1. The van der Waals surface area contributed by atoms with Gasteiger partial charge in [-0.25, -0.2) is 13.8 Å². The fourth-order valence-corrected chi connectivity index (χ4v) is 3.88. The second-order valence-corrected chi connectivity index (χ2v) is 8.19. The van der Waals surface area contributed by atoms with Crippen molar-refractivity contribution in [3.63, 3.8) is 0 Å². The Morgan fingerprint density at radius 3 is 2.59 bits per heavy atom. The number of halogens is 2. The Morgan fingerprint density at radius 1 is 1.03 bits per heavy atom. The number of hydrogen-bond donors (Lipinski definition) is 1. The molecule has 2 aromatic carbocycles. The molecule has 0 bridgehead atoms. The van der Waals surface area contributed by atoms with Crippen LogP contribution in [0.3, 0.4) is 0 Å². The number of hydrogen-bond acceptors (Lipinski definition) is 3. The largest absolute Gasteiger partial charge is 0.348 e. The van der Waals surface area contributed by atoms with Crippen LogP contribution in [0.2, 0.25) is 0 Å². The predicted octanol–water partition coefficient (Wildman–Crippen LogP) is 5.40. The summed E-state index contributed by atoms with van der Waals surface area (Å²) in [5, 5.41) is 3.72. The molecular formula is C23H22F2N2OS. The van der Waals surface area contributed by atoms with E-state index < -0.39 is 0 Å². The summed E-state index contributed by atoms with van der Waals surface area (Å²) in [6.45, 7) is 2.38. The molecule has 0 aliphatic rings. The van der Waals surface area contributed by atoms with Crippen LogP contribution in [0.15, 0.2) is 71.9 Å². The van der Waals surface area contributed by atoms with Crippen LogP contribution in [0.4, 0.5) is 8.78 Å². The Balaban J connectivity index is 1.58. The molecule has 1 heterocycles. The van der Waals surface area contributed by atoms with Crippen LogP contribution in [0.1, 0.15) is 34.8 Å². The van der Waals surface area contributed by atoms with Crippen molar-refractivity contribution in [2.24, 2.45) is 0 Å². The Hall–Kier alpha value is -2.73. The van der Waals surface area contributed by atoms with Gasteiger partial charge in [0.05, 0.1) is 5.56 Å². The number of amides is 1. The Bertz CT molecular complexity index is 963. The van der Waals surface area contributed by atoms with Gasteiger partial charge in [-0.2, -0.15) is 0 Å². The van der Waals surface area contributed by atoms with E-state index >= 15 is 0 Å². The summed E-state index contributed by atoms with van der Waals surface area (Å²) in [7, 11) is 0. The molecule has 1 aromatic heterocycles. The number of carbonyl (C=O) groups is 1. The Morgan fingerprint density at radius 2 is 1.83 bits per heavy atom. The van der Waals surface area contributed by atoms with Gasteiger partial charge in [-0.15, -0.1) is 11.8 Å². The lowest BCUT2D eigenvalue weighted by Crippen LogP contribution is -2.23. The molecular weight excluding hydrogens is 390 g/mol. The molecule has 0 fully saturated rings. The van der Waals surface area contributed by atoms with Crippen LogP contribution in [0.5, 0.6) is 0 Å². The zero-order valence-corrected chi connectivity index (χ0v) is 16.9. The molecule has 0 aliphatic carbocycles. The fourth-order valence-electron chi connectivity index (χ4n) is 2.85. The molecule has 1 atom stereocenters. The lowest BCUT2D eigenvalue weighted by molar-refractivity contribution is 0.0947. The predicted molar refractivity (Wildman–Crippen MR) is 112 cm³/mol. The minimum atomic E-state index is -0.307. The summed E-state index contributed by atoms with van der Waals surface area (Å²) < 4.78 is 26.3. The molecule has 0 saturated heterocycles. The Labute approximate surface area is 173 Å². The van der Waals surface area contributed by atoms with Crippen LogP contribution in [0, 0.1) is 11.6 Å². The van der Waals surface area contributed by atoms with Crippen LogP contribution < -0.4 is 5.32 Å². The number of nitrogens with zero attached hydrogens (tertiary/aromatic N) is 1. The van der Waals surface area contributed by atoms with Gasteiger partial charge in [-0.1, -0.05) is 31.2 Å². The zero-order valence-electron chi connectivity index (χ0n) is 16.1. The highest BCUT2D eigenvalue weighted by atomic mass is 32.2. The van der Waals surface area contributed by atoms with Gasteiger partial charge >= 0.3 is 0 Å². The first-order valence-corrected chi connectivity index (χ1v) is 10.3. The van der Waals surface area contributed by atoms with Crippen LogP contribution in [0.25, 0.3) is 0 Å². The molecule has 6 heteroatoms. The van der Waals surface area contributed by atoms with Crippen molar-refractivity contribution >= 4 is 17.7 Å². The Kier molecular flexibility index (Phi) is 7.36. The molecule has 0 radical (unpaired) electrons. The molecule has 1 unspecified atom stereocenters. The topological polar surface area (TPSA) is 42.0 Å². The SMILES string of the molecule is CC(CCc1cccc(F)c1)Sc1ncccc1C(=O)NCc1ccc(F)cc1. The van der Waals surface area contributed by atoms with Crippen molar-refractivity contribution in [3.05, 3.63) is 95.2 Å². The van der Waals surface area contributed by atoms with Crippen molar-refractivity contribution in [2.45, 2.75) is 36.6 Å². The second kappa shape index (κ2) is 10.2. The van der Waals surface area contributed by atoms with Gasteiger partial charge in [0.2, 0.25) is 0 Å². The summed E-state index contributed by atoms with van der Waals surface area (Å²) in [6.07, 6.45) is 3.25. The lowest BCUT2D eigenvalue weighted by Gasteiger charge is -2.14. The minimum Gasteiger partial charge on any atom is -0.348 e. The molecule has 1 N–H and O–H groups in total. The highest BCUT2D eigenvalue weighted by molar-refractivity contribution is 7.99. The highest BCUT2D eigenvalue weighted by Gasteiger charge is 2.15. The van der Waals surface area contributed by atoms with E-state index in [0.29, 0.717) is 17.1 Å². The van der Waals surface area contributed by atoms with Crippen molar-refractivity contribution in [3.8, 4) is 0 Å². The quantitative estimate of drug-likeness (QED) is 0.504. The van der Waals surface area contributed by atoms with Gasteiger partial charge in [-0.3, -0.25) is 4.79 Å². The van der Waals surface area contributed by atoms with E-state index in [1.165, 1.54) is 30.0 Å². The second-order valence-electron chi connectivity index (χ2n) is 6.76. The molecule has 29 heavy (non-hydrogen) atoms. The summed E-state index contributed by atoms with van der Waals surface area (Å²) in [6, 6.07) is 16.1. The molecule has 3 nitrogen and oxygen atoms in total. The fraction of sp³-hybridized carbons (Fsp3) is 0.217. The maximum atomic E-state index is 13.3. The minimum absolute atomic E-state index is 0.205. The smallest absolute Gasteiger partial charge is 0.254 e. The van der Waals surface area contributed by atoms with E-state index in [0.717, 1.165) is 24.0 Å². The number of pyridine rings is 1. The first-order chi connectivity index (χ1) is 14.0. The number of carbonyl (C=O) groups excluding carboxylic acids is 1. The number of benzene rings is 2. The summed E-state index contributed by atoms with van der Waals surface area (Å²) in [5.74, 6) is -0.756. The molecule has 1 amide bonds. The van der Waals surface area contributed by atoms with Gasteiger partial charge in [-0.05, 0) is 60.4 Å². The third-order valence-corrected chi connectivity index (χ3v) is 5.61. The van der Waals surface area contributed by atoms with E-state index in [1.54, 1.807) is 42.6 Å². The van der Waals surface area contributed by atoms with Gasteiger partial charge in [0.25, 0.3) is 5.91 Å². The van der Waals surface area contributed by atoms with Crippen molar-refractivity contribution in [1.82, 2.24) is 10.3 Å². The summed E-state index contributed by atoms with van der Waals surface area (Å²) in [5.41, 5.74) is 2.29. The number of aryl methyl sites for hydroxylation is 1. The van der Waals surface area contributed by atoms with E-state index in [2.05, 4.69) is 17.2 Å². The maximum absolute atomic E-state index is 13.3. The lowest BCUT2D eigenvalue weighted by atomic mass is 10.1. The molecule has 0 aliphatic heterocycles. The first kappa shape index (κ1) is 21.0. The van der Waals surface area contributed by atoms with Crippen molar-refractivity contribution in [2.75, 3.05) is 0 Å². The normalized spacial score (nSPS) is 11.8. The molecule has 3 aromatic rings. The number of aromatic nitrogens is 1. The van der Waals surface area contributed by atoms with E-state index in [4.69, 9.17) is 0 Å². The first-order valence-electron chi connectivity index (χ1n) is 9.40. The maximum Gasteiger partial charge on any atom is 0.254 e.